The minimum Gasteiger partial charge on any atom is -0.399 e. The molecular formula is C76H88Cl3N15O13. The van der Waals surface area contributed by atoms with Crippen LogP contribution in [0.25, 0.3) is 0 Å². The number of carbonyl (C=O) groups excluding carboxylic acids is 9. The van der Waals surface area contributed by atoms with Crippen LogP contribution in [0, 0.1) is 20.2 Å². The van der Waals surface area contributed by atoms with E-state index in [1.54, 1.807) is 102 Å². The number of non-ortho nitro benzene ring substituents is 2. The van der Waals surface area contributed by atoms with Crippen molar-refractivity contribution in [3.8, 4) is 0 Å². The molecule has 5 N–H and O–H groups in total. The number of amides is 6. The molecule has 0 bridgehead atoms. The van der Waals surface area contributed by atoms with E-state index < -0.39 is 25.6 Å². The monoisotopic (exact) mass is 1520 g/mol. The molecule has 5 fully saturated rings. The van der Waals surface area contributed by atoms with Gasteiger partial charge in [0.15, 0.2) is 0 Å². The first kappa shape index (κ1) is 83.9. The molecule has 28 nitrogen and oxygen atoms in total. The number of nitrogens with two attached hydrogens (primary N) is 1. The first-order valence-corrected chi connectivity index (χ1v) is 35.5. The lowest BCUT2D eigenvalue weighted by Gasteiger charge is -2.32. The number of hydrogen-bond donors (Lipinski definition) is 4. The average molecular weight is 1530 g/mol. The Balaban J connectivity index is 0.000000202. The zero-order valence-corrected chi connectivity index (χ0v) is 62.5. The number of nitrogens with zero attached hydrogens (tertiary/aromatic N) is 11. The molecule has 107 heavy (non-hydrogen) atoms. The number of nitro groups is 2. The van der Waals surface area contributed by atoms with Gasteiger partial charge in [0.2, 0.25) is 0 Å². The number of nitro benzene ring substituents is 2. The van der Waals surface area contributed by atoms with Crippen LogP contribution in [0.3, 0.4) is 0 Å². The molecule has 5 aliphatic heterocycles. The molecule has 5 heterocycles. The summed E-state index contributed by atoms with van der Waals surface area (Å²) in [5.74, 6) is -0.609. The number of halogens is 3. The van der Waals surface area contributed by atoms with Gasteiger partial charge in [-0.15, -0.1) is 0 Å². The molecule has 5 aliphatic rings. The molecule has 0 spiro atoms. The van der Waals surface area contributed by atoms with Crippen LogP contribution in [0.5, 0.6) is 0 Å². The van der Waals surface area contributed by atoms with Gasteiger partial charge in [0.1, 0.15) is 0 Å². The zero-order valence-electron chi connectivity index (χ0n) is 60.2. The van der Waals surface area contributed by atoms with E-state index in [0.717, 1.165) is 84.1 Å². The van der Waals surface area contributed by atoms with Crippen LogP contribution < -0.4 is 21.7 Å². The molecule has 5 saturated heterocycles. The summed E-state index contributed by atoms with van der Waals surface area (Å²) in [5.41, 5.74) is 11.5. The highest BCUT2D eigenvalue weighted by Gasteiger charge is 2.25. The molecule has 0 unspecified atom stereocenters. The summed E-state index contributed by atoms with van der Waals surface area (Å²) < 4.78 is 0. The van der Waals surface area contributed by atoms with Crippen molar-refractivity contribution < 1.29 is 53.0 Å². The molecule has 12 rings (SSSR count). The van der Waals surface area contributed by atoms with Crippen LogP contribution in [0.2, 0.25) is 0 Å². The Labute approximate surface area is 636 Å². The lowest BCUT2D eigenvalue weighted by atomic mass is 10.1. The quantitative estimate of drug-likeness (QED) is 0.0363. The van der Waals surface area contributed by atoms with Crippen LogP contribution >= 0.6 is 34.8 Å². The van der Waals surface area contributed by atoms with Gasteiger partial charge in [0.25, 0.3) is 62.5 Å². The number of nitrogens with one attached hydrogen (secondary N) is 3. The van der Waals surface area contributed by atoms with Gasteiger partial charge in [0, 0.05) is 222 Å². The maximum Gasteiger partial charge on any atom is 0.269 e. The summed E-state index contributed by atoms with van der Waals surface area (Å²) >= 11 is 15.5. The summed E-state index contributed by atoms with van der Waals surface area (Å²) in [7, 11) is 10.3. The van der Waals surface area contributed by atoms with E-state index in [1.807, 2.05) is 35.8 Å². The molecule has 0 atom stereocenters. The van der Waals surface area contributed by atoms with Gasteiger partial charge in [-0.3, -0.25) is 63.4 Å². The SMILES string of the molecule is CN1CCN(C(=O)c2ccc(N)cc2)CC1.CN1CCN(C(=O)c2ccc(NC(=O)c3ccc(C(=O)Nc4ccc(C(=O)N5CCN(C)CC5)cc4)cc3)cc2)CC1.CN1CCN(C(=O)c2ccc([N+](=O)[O-])cc2)CC1.CN1CCNCC1.O=C(Cl)c1ccc(C(=O)Cl)cc1.O=C(Cl)c1ccc([N+](=O)[O-])cc1. The lowest BCUT2D eigenvalue weighted by Crippen LogP contribution is -2.47. The van der Waals surface area contributed by atoms with Gasteiger partial charge < -0.3 is 65.8 Å². The van der Waals surface area contributed by atoms with Gasteiger partial charge in [-0.1, -0.05) is 0 Å². The first-order chi connectivity index (χ1) is 51.1. The normalized spacial score (nSPS) is 15.5. The molecule has 0 saturated carbocycles. The fraction of sp³-hybridized carbons (Fsp3) is 0.329. The Bertz CT molecular complexity index is 3900. The third-order valence-electron chi connectivity index (χ3n) is 17.8. The number of piperazine rings is 5. The second-order valence-corrected chi connectivity index (χ2v) is 26.7. The molecular weight excluding hydrogens is 1440 g/mol. The third kappa shape index (κ3) is 27.2. The maximum atomic E-state index is 12.8. The lowest BCUT2D eigenvalue weighted by molar-refractivity contribution is -0.385. The fourth-order valence-corrected chi connectivity index (χ4v) is 11.3. The van der Waals surface area contributed by atoms with Crippen molar-refractivity contribution in [3.05, 3.63) is 240 Å². The van der Waals surface area contributed by atoms with E-state index in [9.17, 15) is 63.4 Å². The van der Waals surface area contributed by atoms with Crippen LogP contribution in [0.1, 0.15) is 93.2 Å². The summed E-state index contributed by atoms with van der Waals surface area (Å²) in [4.78, 5) is 145. The summed E-state index contributed by atoms with van der Waals surface area (Å²) in [6, 6.07) is 43.9. The third-order valence-corrected chi connectivity index (χ3v) is 18.5. The molecule has 31 heteroatoms. The highest BCUT2D eigenvalue weighted by Crippen LogP contribution is 2.21. The minimum atomic E-state index is -0.620. The number of anilines is 3. The van der Waals surface area contributed by atoms with E-state index in [0.29, 0.717) is 95.3 Å². The van der Waals surface area contributed by atoms with Crippen molar-refractivity contribution in [2.75, 3.05) is 183 Å². The van der Waals surface area contributed by atoms with E-state index in [2.05, 4.69) is 54.5 Å². The van der Waals surface area contributed by atoms with Gasteiger partial charge in [0.05, 0.1) is 9.85 Å². The number of carbonyl (C=O) groups is 9. The summed E-state index contributed by atoms with van der Waals surface area (Å²) in [5, 5.41) is 27.9. The summed E-state index contributed by atoms with van der Waals surface area (Å²) in [6.45, 7) is 17.6. The van der Waals surface area contributed by atoms with Crippen molar-refractivity contribution in [2.24, 2.45) is 0 Å². The Hall–Kier alpha value is -10.4. The highest BCUT2D eigenvalue weighted by atomic mass is 35.5. The predicted octanol–water partition coefficient (Wildman–Crippen LogP) is 8.55. The predicted molar refractivity (Wildman–Crippen MR) is 413 cm³/mol. The van der Waals surface area contributed by atoms with E-state index in [4.69, 9.17) is 40.5 Å². The van der Waals surface area contributed by atoms with E-state index >= 15 is 0 Å². The van der Waals surface area contributed by atoms with Crippen molar-refractivity contribution in [1.82, 2.24) is 49.4 Å². The Kier molecular flexibility index (Phi) is 33.0. The zero-order chi connectivity index (χ0) is 77.7. The molecule has 6 amide bonds. The number of hydrogen-bond acceptors (Lipinski definition) is 20. The van der Waals surface area contributed by atoms with Gasteiger partial charge in [-0.25, -0.2) is 0 Å². The molecule has 566 valence electrons. The van der Waals surface area contributed by atoms with Crippen molar-refractivity contribution in [1.29, 1.82) is 0 Å². The largest absolute Gasteiger partial charge is 0.399 e. The standard InChI is InChI=1S/C32H36N6O4.C12H15N3O3.C12H17N3O.C8H4Cl2O2.C7H4ClNO3.C5H12N2/c1-35-15-19-37(20-16-35)31(41)25-7-11-27(12-8-25)33-29(39)23-3-5-24(6-4-23)30(40)34-28-13-9-26(10-14-28)32(42)38-21-17-36(2)18-22-38;1-13-6-8-14(9-7-13)12(16)10-2-4-11(5-3-10)15(17)18;1-14-6-8-15(9-7-14)12(16)10-2-4-11(13)5-3-10;9-7(11)5-1-2-6(4-3-5)8(10)12;8-7(10)5-1-3-6(4-2-5)9(11)12;1-7-4-2-6-3-5-7/h3-14H,15-22H2,1-2H3,(H,33,39)(H,34,40);2-5H,6-9H2,1H3;2-5H,6-9,13H2,1H3;2*1-4H;6H,2-5H2,1H3. The van der Waals surface area contributed by atoms with E-state index in [-0.39, 0.29) is 52.4 Å². The van der Waals surface area contributed by atoms with Crippen LogP contribution in [0.15, 0.2) is 170 Å². The Morgan fingerprint density at radius 3 is 0.748 bits per heavy atom. The van der Waals surface area contributed by atoms with Crippen molar-refractivity contribution >= 4 is 114 Å². The van der Waals surface area contributed by atoms with Crippen molar-refractivity contribution in [3.63, 3.8) is 0 Å². The number of nitrogen functional groups attached to an aromatic ring is 1. The molecule has 0 aromatic heterocycles. The second kappa shape index (κ2) is 42.1. The molecule has 0 radical (unpaired) electrons. The number of rotatable bonds is 13. The van der Waals surface area contributed by atoms with Gasteiger partial charge in [-0.05, 0) is 216 Å². The van der Waals surface area contributed by atoms with Crippen LogP contribution in [0.4, 0.5) is 28.4 Å². The average Bonchev–Trinajstić information content (AvgIpc) is 0.859. The van der Waals surface area contributed by atoms with Crippen molar-refractivity contribution in [2.45, 2.75) is 0 Å². The summed E-state index contributed by atoms with van der Waals surface area (Å²) in [6.07, 6.45) is 0. The molecule has 0 aliphatic carbocycles. The first-order valence-electron chi connectivity index (χ1n) is 34.4. The number of likely N-dealkylation sites (N-methyl/N-ethyl adjacent to an activating group) is 5. The second-order valence-electron chi connectivity index (χ2n) is 25.7. The molecule has 7 aromatic carbocycles. The maximum absolute atomic E-state index is 12.8. The Morgan fingerprint density at radius 1 is 0.318 bits per heavy atom. The highest BCUT2D eigenvalue weighted by molar-refractivity contribution is 6.68. The van der Waals surface area contributed by atoms with Gasteiger partial charge in [-0.2, -0.15) is 0 Å². The van der Waals surface area contributed by atoms with Gasteiger partial charge >= 0.3 is 0 Å². The van der Waals surface area contributed by atoms with Crippen LogP contribution in [-0.4, -0.2) is 271 Å². The topological polar surface area (TPSA) is 331 Å². The van der Waals surface area contributed by atoms with E-state index in [1.165, 1.54) is 85.9 Å². The minimum absolute atomic E-state index is 0.00456. The van der Waals surface area contributed by atoms with Crippen LogP contribution in [-0.2, 0) is 0 Å². The fourth-order valence-electron chi connectivity index (χ4n) is 10.9. The number of benzene rings is 7. The Morgan fingerprint density at radius 2 is 0.523 bits per heavy atom. The smallest absolute Gasteiger partial charge is 0.269 e. The molecule has 7 aromatic rings.